The van der Waals surface area contributed by atoms with Gasteiger partial charge in [-0.25, -0.2) is 4.79 Å². The monoisotopic (exact) mass is 216 g/mol. The second kappa shape index (κ2) is 3.33. The minimum Gasteiger partial charge on any atom is -0.464 e. The minimum absolute atomic E-state index is 0.361. The van der Waals surface area contributed by atoms with Crippen molar-refractivity contribution in [1.29, 1.82) is 0 Å². The van der Waals surface area contributed by atoms with E-state index in [4.69, 9.17) is 0 Å². The molecule has 1 aliphatic rings. The summed E-state index contributed by atoms with van der Waals surface area (Å²) in [5, 5.41) is 7.69. The number of aromatic nitrogens is 2. The molecule has 0 aliphatic heterocycles. The highest BCUT2D eigenvalue weighted by atomic mass is 16.5. The highest BCUT2D eigenvalue weighted by Gasteiger charge is 2.24. The van der Waals surface area contributed by atoms with Crippen LogP contribution in [0.4, 0.5) is 0 Å². The van der Waals surface area contributed by atoms with E-state index in [-0.39, 0.29) is 0 Å². The van der Waals surface area contributed by atoms with Gasteiger partial charge in [0.15, 0.2) is 5.69 Å². The second-order valence-electron chi connectivity index (χ2n) is 4.14. The van der Waals surface area contributed by atoms with Crippen LogP contribution in [0, 0.1) is 0 Å². The van der Waals surface area contributed by atoms with E-state index in [1.807, 2.05) is 6.07 Å². The number of fused-ring (bicyclic) bond motifs is 1. The molecule has 4 nitrogen and oxygen atoms in total. The third-order valence-electron chi connectivity index (χ3n) is 3.01. The van der Waals surface area contributed by atoms with Crippen LogP contribution in [0.15, 0.2) is 18.2 Å². The fourth-order valence-electron chi connectivity index (χ4n) is 1.96. The first-order valence-corrected chi connectivity index (χ1v) is 5.36. The molecule has 0 unspecified atom stereocenters. The van der Waals surface area contributed by atoms with Gasteiger partial charge < -0.3 is 4.74 Å². The Hall–Kier alpha value is -1.84. The summed E-state index contributed by atoms with van der Waals surface area (Å²) < 4.78 is 4.67. The van der Waals surface area contributed by atoms with Crippen molar-refractivity contribution >= 4 is 16.9 Å². The summed E-state index contributed by atoms with van der Waals surface area (Å²) in [7, 11) is 1.36. The van der Waals surface area contributed by atoms with Gasteiger partial charge in [-0.15, -0.1) is 0 Å². The number of carbonyl (C=O) groups excluding carboxylic acids is 1. The van der Waals surface area contributed by atoms with Crippen molar-refractivity contribution in [3.8, 4) is 0 Å². The van der Waals surface area contributed by atoms with Gasteiger partial charge in [-0.1, -0.05) is 12.1 Å². The first kappa shape index (κ1) is 9.39. The molecule has 0 radical (unpaired) electrons. The highest BCUT2D eigenvalue weighted by Crippen LogP contribution is 2.40. The zero-order valence-corrected chi connectivity index (χ0v) is 8.99. The Labute approximate surface area is 92.6 Å². The SMILES string of the molecule is COC(=O)c1n[nH]c2cc(C3CC3)ccc12. The van der Waals surface area contributed by atoms with Crippen LogP contribution in [0.25, 0.3) is 10.9 Å². The van der Waals surface area contributed by atoms with Crippen molar-refractivity contribution in [2.45, 2.75) is 18.8 Å². The van der Waals surface area contributed by atoms with Crippen molar-refractivity contribution < 1.29 is 9.53 Å². The maximum atomic E-state index is 11.4. The molecule has 1 aromatic heterocycles. The van der Waals surface area contributed by atoms with E-state index in [1.165, 1.54) is 25.5 Å². The van der Waals surface area contributed by atoms with Crippen LogP contribution in [0.5, 0.6) is 0 Å². The zero-order valence-electron chi connectivity index (χ0n) is 8.99. The van der Waals surface area contributed by atoms with E-state index in [0.717, 1.165) is 10.9 Å². The van der Waals surface area contributed by atoms with Crippen LogP contribution in [0.1, 0.15) is 34.8 Å². The smallest absolute Gasteiger partial charge is 0.359 e. The lowest BCUT2D eigenvalue weighted by atomic mass is 10.1. The maximum Gasteiger partial charge on any atom is 0.359 e. The molecule has 1 fully saturated rings. The third kappa shape index (κ3) is 1.38. The number of nitrogens with one attached hydrogen (secondary N) is 1. The fourth-order valence-corrected chi connectivity index (χ4v) is 1.96. The standard InChI is InChI=1S/C12H12N2O2/c1-16-12(15)11-9-5-4-8(7-2-3-7)6-10(9)13-14-11/h4-7H,2-3H2,1H3,(H,13,14). The number of aromatic amines is 1. The van der Waals surface area contributed by atoms with Crippen molar-refractivity contribution in [2.24, 2.45) is 0 Å². The van der Waals surface area contributed by atoms with Crippen LogP contribution in [0.3, 0.4) is 0 Å². The fraction of sp³-hybridized carbons (Fsp3) is 0.333. The molecule has 4 heteroatoms. The van der Waals surface area contributed by atoms with Crippen molar-refractivity contribution in [2.75, 3.05) is 7.11 Å². The van der Waals surface area contributed by atoms with Crippen LogP contribution in [0.2, 0.25) is 0 Å². The van der Waals surface area contributed by atoms with Gasteiger partial charge in [-0.05, 0) is 30.4 Å². The largest absolute Gasteiger partial charge is 0.464 e. The van der Waals surface area contributed by atoms with Crippen molar-refractivity contribution in [3.63, 3.8) is 0 Å². The van der Waals surface area contributed by atoms with Gasteiger partial charge in [0.25, 0.3) is 0 Å². The van der Waals surface area contributed by atoms with Gasteiger partial charge in [0, 0.05) is 5.39 Å². The summed E-state index contributed by atoms with van der Waals surface area (Å²) in [4.78, 5) is 11.4. The molecule has 3 rings (SSSR count). The Kier molecular flexibility index (Phi) is 1.96. The number of hydrogen-bond donors (Lipinski definition) is 1. The molecule has 1 saturated carbocycles. The quantitative estimate of drug-likeness (QED) is 0.783. The molecule has 0 spiro atoms. The molecule has 0 atom stereocenters. The van der Waals surface area contributed by atoms with Crippen LogP contribution in [-0.2, 0) is 4.74 Å². The van der Waals surface area contributed by atoms with Crippen LogP contribution in [-0.4, -0.2) is 23.3 Å². The van der Waals surface area contributed by atoms with Gasteiger partial charge in [0.05, 0.1) is 12.6 Å². The highest BCUT2D eigenvalue weighted by molar-refractivity contribution is 6.01. The number of methoxy groups -OCH3 is 1. The molecule has 1 aromatic carbocycles. The van der Waals surface area contributed by atoms with E-state index in [9.17, 15) is 4.79 Å². The third-order valence-corrected chi connectivity index (χ3v) is 3.01. The van der Waals surface area contributed by atoms with Gasteiger partial charge >= 0.3 is 5.97 Å². The normalized spacial score (nSPS) is 15.3. The lowest BCUT2D eigenvalue weighted by Gasteiger charge is -1.98. The number of rotatable bonds is 2. The van der Waals surface area contributed by atoms with E-state index < -0.39 is 5.97 Å². The van der Waals surface area contributed by atoms with E-state index in [2.05, 4.69) is 27.1 Å². The Morgan fingerprint density at radius 3 is 3.00 bits per heavy atom. The predicted octanol–water partition coefficient (Wildman–Crippen LogP) is 2.23. The molecule has 1 N–H and O–H groups in total. The van der Waals surface area contributed by atoms with Crippen molar-refractivity contribution in [1.82, 2.24) is 10.2 Å². The molecule has 2 aromatic rings. The zero-order chi connectivity index (χ0) is 11.1. The summed E-state index contributed by atoms with van der Waals surface area (Å²) in [5.74, 6) is 0.305. The summed E-state index contributed by atoms with van der Waals surface area (Å²) in [5.41, 5.74) is 2.59. The molecule has 0 bridgehead atoms. The molecule has 1 heterocycles. The maximum absolute atomic E-state index is 11.4. The number of carbonyl (C=O) groups is 1. The number of esters is 1. The molecule has 0 amide bonds. The van der Waals surface area contributed by atoms with Gasteiger partial charge in [-0.2, -0.15) is 5.10 Å². The first-order chi connectivity index (χ1) is 7.79. The molecule has 1 aliphatic carbocycles. The Morgan fingerprint density at radius 2 is 2.31 bits per heavy atom. The Morgan fingerprint density at radius 1 is 1.50 bits per heavy atom. The van der Waals surface area contributed by atoms with Gasteiger partial charge in [0.1, 0.15) is 0 Å². The van der Waals surface area contributed by atoms with E-state index in [1.54, 1.807) is 0 Å². The van der Waals surface area contributed by atoms with Crippen LogP contribution >= 0.6 is 0 Å². The van der Waals surface area contributed by atoms with Gasteiger partial charge in [0.2, 0.25) is 0 Å². The second-order valence-corrected chi connectivity index (χ2v) is 4.14. The summed E-state index contributed by atoms with van der Waals surface area (Å²) in [6.07, 6.45) is 2.53. The van der Waals surface area contributed by atoms with Crippen molar-refractivity contribution in [3.05, 3.63) is 29.5 Å². The Bertz CT molecular complexity index is 555. The summed E-state index contributed by atoms with van der Waals surface area (Å²) >= 11 is 0. The average molecular weight is 216 g/mol. The summed E-state index contributed by atoms with van der Waals surface area (Å²) in [6, 6.07) is 6.09. The number of benzene rings is 1. The molecular weight excluding hydrogens is 204 g/mol. The minimum atomic E-state index is -0.398. The van der Waals surface area contributed by atoms with Gasteiger partial charge in [-0.3, -0.25) is 5.10 Å². The number of ether oxygens (including phenoxy) is 1. The lowest BCUT2D eigenvalue weighted by Crippen LogP contribution is -2.01. The topological polar surface area (TPSA) is 55.0 Å². The Balaban J connectivity index is 2.10. The number of nitrogens with zero attached hydrogens (tertiary/aromatic N) is 1. The molecule has 0 saturated heterocycles. The summed E-state index contributed by atoms with van der Waals surface area (Å²) in [6.45, 7) is 0. The molecule has 82 valence electrons. The number of H-pyrrole nitrogens is 1. The first-order valence-electron chi connectivity index (χ1n) is 5.36. The van der Waals surface area contributed by atoms with Crippen LogP contribution < -0.4 is 0 Å². The molecule has 16 heavy (non-hydrogen) atoms. The lowest BCUT2D eigenvalue weighted by molar-refractivity contribution is 0.0596. The predicted molar refractivity (Wildman–Crippen MR) is 59.4 cm³/mol. The van der Waals surface area contributed by atoms with E-state index >= 15 is 0 Å². The van der Waals surface area contributed by atoms with E-state index in [0.29, 0.717) is 11.6 Å². The molecular formula is C12H12N2O2. The average Bonchev–Trinajstić information content (AvgIpc) is 3.08. The number of hydrogen-bond acceptors (Lipinski definition) is 3.